The average Bonchev–Trinajstić information content (AvgIpc) is 2.30. The van der Waals surface area contributed by atoms with E-state index in [-0.39, 0.29) is 12.1 Å². The number of hydrogen-bond donors (Lipinski definition) is 2. The van der Waals surface area contributed by atoms with Gasteiger partial charge in [0.1, 0.15) is 0 Å². The van der Waals surface area contributed by atoms with Crippen LogP contribution in [0.5, 0.6) is 0 Å². The van der Waals surface area contributed by atoms with Crippen molar-refractivity contribution in [1.29, 1.82) is 0 Å². The highest BCUT2D eigenvalue weighted by Crippen LogP contribution is 2.28. The standard InChI is InChI=1S/C15H26N2O/c1-9(2)15(18-6)14(17-16)13-8-11(4)10(3)7-12(13)5/h7-9,14-15,17H,16H2,1-6H3. The number of nitrogens with two attached hydrogens (primary N) is 1. The summed E-state index contributed by atoms with van der Waals surface area (Å²) < 4.78 is 5.60. The molecule has 18 heavy (non-hydrogen) atoms. The lowest BCUT2D eigenvalue weighted by Gasteiger charge is -2.30. The quantitative estimate of drug-likeness (QED) is 0.624. The van der Waals surface area contributed by atoms with Crippen molar-refractivity contribution in [3.05, 3.63) is 34.4 Å². The number of hydrogen-bond acceptors (Lipinski definition) is 3. The molecule has 3 nitrogen and oxygen atoms in total. The molecular formula is C15H26N2O. The van der Waals surface area contributed by atoms with Crippen LogP contribution in [-0.2, 0) is 4.74 Å². The van der Waals surface area contributed by atoms with Crippen molar-refractivity contribution in [3.8, 4) is 0 Å². The first-order valence-electron chi connectivity index (χ1n) is 6.49. The van der Waals surface area contributed by atoms with Gasteiger partial charge in [-0.25, -0.2) is 0 Å². The van der Waals surface area contributed by atoms with Crippen LogP contribution >= 0.6 is 0 Å². The lowest BCUT2D eigenvalue weighted by molar-refractivity contribution is 0.0324. The Hall–Kier alpha value is -0.900. The van der Waals surface area contributed by atoms with Crippen LogP contribution in [0.3, 0.4) is 0 Å². The number of hydrazine groups is 1. The van der Waals surface area contributed by atoms with E-state index in [9.17, 15) is 0 Å². The SMILES string of the molecule is COC(C(C)C)C(NN)c1cc(C)c(C)cc1C. The van der Waals surface area contributed by atoms with E-state index in [0.29, 0.717) is 5.92 Å². The first-order valence-corrected chi connectivity index (χ1v) is 6.49. The molecule has 0 heterocycles. The lowest BCUT2D eigenvalue weighted by atomic mass is 9.89. The van der Waals surface area contributed by atoms with Gasteiger partial charge in [-0.3, -0.25) is 11.3 Å². The van der Waals surface area contributed by atoms with E-state index < -0.39 is 0 Å². The van der Waals surface area contributed by atoms with Crippen molar-refractivity contribution in [3.63, 3.8) is 0 Å². The average molecular weight is 250 g/mol. The van der Waals surface area contributed by atoms with Crippen LogP contribution < -0.4 is 11.3 Å². The first kappa shape index (κ1) is 15.2. The third kappa shape index (κ3) is 3.10. The van der Waals surface area contributed by atoms with Gasteiger partial charge < -0.3 is 4.74 Å². The van der Waals surface area contributed by atoms with E-state index in [2.05, 4.69) is 52.2 Å². The molecule has 0 aromatic heterocycles. The summed E-state index contributed by atoms with van der Waals surface area (Å²) in [4.78, 5) is 0. The highest BCUT2D eigenvalue weighted by molar-refractivity contribution is 5.38. The Morgan fingerprint density at radius 1 is 1.06 bits per heavy atom. The fraction of sp³-hybridized carbons (Fsp3) is 0.600. The molecule has 102 valence electrons. The van der Waals surface area contributed by atoms with E-state index in [1.54, 1.807) is 7.11 Å². The Morgan fingerprint density at radius 2 is 1.61 bits per heavy atom. The van der Waals surface area contributed by atoms with E-state index in [1.807, 2.05) is 0 Å². The molecule has 0 spiro atoms. The number of rotatable bonds is 5. The molecule has 1 aromatic rings. The summed E-state index contributed by atoms with van der Waals surface area (Å²) >= 11 is 0. The molecule has 0 saturated carbocycles. The molecule has 0 bridgehead atoms. The van der Waals surface area contributed by atoms with Gasteiger partial charge >= 0.3 is 0 Å². The summed E-state index contributed by atoms with van der Waals surface area (Å²) in [7, 11) is 1.74. The topological polar surface area (TPSA) is 47.3 Å². The first-order chi connectivity index (χ1) is 8.42. The van der Waals surface area contributed by atoms with Crippen LogP contribution in [0.2, 0.25) is 0 Å². The number of benzene rings is 1. The van der Waals surface area contributed by atoms with Gasteiger partial charge in [0.05, 0.1) is 12.1 Å². The van der Waals surface area contributed by atoms with E-state index >= 15 is 0 Å². The summed E-state index contributed by atoms with van der Waals surface area (Å²) in [5.41, 5.74) is 7.99. The van der Waals surface area contributed by atoms with Gasteiger partial charge in [0.15, 0.2) is 0 Å². The Labute approximate surface area is 111 Å². The minimum absolute atomic E-state index is 0.0225. The zero-order chi connectivity index (χ0) is 13.9. The molecule has 0 saturated heterocycles. The maximum Gasteiger partial charge on any atom is 0.0801 e. The zero-order valence-electron chi connectivity index (χ0n) is 12.4. The van der Waals surface area contributed by atoms with Gasteiger partial charge in [0, 0.05) is 7.11 Å². The predicted octanol–water partition coefficient (Wildman–Crippen LogP) is 2.79. The second-order valence-electron chi connectivity index (χ2n) is 5.38. The summed E-state index contributed by atoms with van der Waals surface area (Å²) in [6.45, 7) is 10.7. The Balaban J connectivity index is 3.20. The summed E-state index contributed by atoms with van der Waals surface area (Å²) in [6.07, 6.45) is 0.0656. The second-order valence-corrected chi connectivity index (χ2v) is 5.38. The molecule has 0 radical (unpaired) electrons. The number of methoxy groups -OCH3 is 1. The Kier molecular flexibility index (Phi) is 5.32. The summed E-state index contributed by atoms with van der Waals surface area (Å²) in [5.74, 6) is 6.15. The monoisotopic (exact) mass is 250 g/mol. The van der Waals surface area contributed by atoms with Gasteiger partial charge in [-0.05, 0) is 48.9 Å². The van der Waals surface area contributed by atoms with Crippen molar-refractivity contribution < 1.29 is 4.74 Å². The number of aryl methyl sites for hydroxylation is 3. The zero-order valence-corrected chi connectivity index (χ0v) is 12.4. The van der Waals surface area contributed by atoms with Crippen LogP contribution in [0, 0.1) is 26.7 Å². The van der Waals surface area contributed by atoms with Crippen molar-refractivity contribution >= 4 is 0 Å². The number of nitrogens with one attached hydrogen (secondary N) is 1. The highest BCUT2D eigenvalue weighted by atomic mass is 16.5. The van der Waals surface area contributed by atoms with Crippen LogP contribution in [0.15, 0.2) is 12.1 Å². The van der Waals surface area contributed by atoms with Gasteiger partial charge in [0.25, 0.3) is 0 Å². The van der Waals surface area contributed by atoms with E-state index in [0.717, 1.165) is 0 Å². The molecule has 0 fully saturated rings. The largest absolute Gasteiger partial charge is 0.379 e. The third-order valence-electron chi connectivity index (χ3n) is 3.65. The highest BCUT2D eigenvalue weighted by Gasteiger charge is 2.26. The van der Waals surface area contributed by atoms with Gasteiger partial charge in [-0.1, -0.05) is 26.0 Å². The molecule has 2 unspecified atom stereocenters. The van der Waals surface area contributed by atoms with Crippen LogP contribution in [0.4, 0.5) is 0 Å². The molecule has 0 aliphatic carbocycles. The van der Waals surface area contributed by atoms with Crippen molar-refractivity contribution in [2.45, 2.75) is 46.8 Å². The van der Waals surface area contributed by atoms with Gasteiger partial charge in [-0.15, -0.1) is 0 Å². The minimum atomic E-state index is 0.0225. The summed E-state index contributed by atoms with van der Waals surface area (Å²) in [5, 5.41) is 0. The normalized spacial score (nSPS) is 14.9. The van der Waals surface area contributed by atoms with Crippen molar-refractivity contribution in [2.24, 2.45) is 11.8 Å². The number of ether oxygens (including phenoxy) is 1. The fourth-order valence-corrected chi connectivity index (χ4v) is 2.47. The lowest BCUT2D eigenvalue weighted by Crippen LogP contribution is -2.40. The Bertz CT molecular complexity index is 402. The van der Waals surface area contributed by atoms with Crippen LogP contribution in [0.1, 0.15) is 42.1 Å². The molecule has 1 rings (SSSR count). The van der Waals surface area contributed by atoms with Crippen molar-refractivity contribution in [1.82, 2.24) is 5.43 Å². The molecular weight excluding hydrogens is 224 g/mol. The van der Waals surface area contributed by atoms with Gasteiger partial charge in [0.2, 0.25) is 0 Å². The second kappa shape index (κ2) is 6.32. The van der Waals surface area contributed by atoms with Gasteiger partial charge in [-0.2, -0.15) is 0 Å². The molecule has 0 aliphatic rings. The molecule has 3 N–H and O–H groups in total. The molecule has 3 heteroatoms. The van der Waals surface area contributed by atoms with E-state index in [4.69, 9.17) is 10.6 Å². The maximum atomic E-state index is 5.75. The molecule has 1 aromatic carbocycles. The molecule has 2 atom stereocenters. The predicted molar refractivity (Wildman–Crippen MR) is 76.4 cm³/mol. The third-order valence-corrected chi connectivity index (χ3v) is 3.65. The summed E-state index contributed by atoms with van der Waals surface area (Å²) in [6, 6.07) is 4.44. The molecule has 0 amide bonds. The van der Waals surface area contributed by atoms with Crippen LogP contribution in [-0.4, -0.2) is 13.2 Å². The maximum absolute atomic E-state index is 5.75. The minimum Gasteiger partial charge on any atom is -0.379 e. The molecule has 0 aliphatic heterocycles. The Morgan fingerprint density at radius 3 is 2.06 bits per heavy atom. The smallest absolute Gasteiger partial charge is 0.0801 e. The van der Waals surface area contributed by atoms with Crippen LogP contribution in [0.25, 0.3) is 0 Å². The van der Waals surface area contributed by atoms with Crippen molar-refractivity contribution in [2.75, 3.05) is 7.11 Å². The fourth-order valence-electron chi connectivity index (χ4n) is 2.47. The van der Waals surface area contributed by atoms with E-state index in [1.165, 1.54) is 22.3 Å².